The number of furan rings is 1. The minimum Gasteiger partial charge on any atom is -0.467 e. The number of aromatic nitrogens is 3. The fourth-order valence-corrected chi connectivity index (χ4v) is 3.25. The normalized spacial score (nSPS) is 18.4. The number of likely N-dealkylation sites (tertiary alicyclic amines) is 1. The number of aliphatic imine (C=N–C) groups is 1. The minimum atomic E-state index is 0.479. The third kappa shape index (κ3) is 4.63. The van der Waals surface area contributed by atoms with E-state index in [-0.39, 0.29) is 0 Å². The minimum absolute atomic E-state index is 0.479. The van der Waals surface area contributed by atoms with Gasteiger partial charge in [-0.3, -0.25) is 4.90 Å². The molecule has 0 saturated carbocycles. The van der Waals surface area contributed by atoms with Crippen LogP contribution in [-0.4, -0.2) is 51.3 Å². The van der Waals surface area contributed by atoms with Crippen LogP contribution in [0, 0.1) is 6.92 Å². The molecule has 1 fully saturated rings. The zero-order chi connectivity index (χ0) is 18.4. The second kappa shape index (κ2) is 8.84. The van der Waals surface area contributed by atoms with Crippen LogP contribution < -0.4 is 10.6 Å². The zero-order valence-corrected chi connectivity index (χ0v) is 15.9. The van der Waals surface area contributed by atoms with Gasteiger partial charge in [0.15, 0.2) is 11.8 Å². The summed E-state index contributed by atoms with van der Waals surface area (Å²) in [5, 5.41) is 15.1. The fourth-order valence-electron chi connectivity index (χ4n) is 3.25. The van der Waals surface area contributed by atoms with Crippen LogP contribution in [0.1, 0.15) is 37.2 Å². The Hall–Kier alpha value is -2.35. The van der Waals surface area contributed by atoms with E-state index in [1.807, 2.05) is 30.7 Å². The number of hydrogen-bond acceptors (Lipinski definition) is 5. The van der Waals surface area contributed by atoms with Gasteiger partial charge >= 0.3 is 0 Å². The monoisotopic (exact) mass is 359 g/mol. The lowest BCUT2D eigenvalue weighted by atomic mass is 10.2. The van der Waals surface area contributed by atoms with Crippen molar-refractivity contribution < 1.29 is 4.42 Å². The maximum Gasteiger partial charge on any atom is 0.192 e. The predicted octanol–water partition coefficient (Wildman–Crippen LogP) is 1.44. The Bertz CT molecular complexity index is 707. The molecule has 3 rings (SSSR count). The van der Waals surface area contributed by atoms with Crippen molar-refractivity contribution >= 4 is 5.96 Å². The highest BCUT2D eigenvalue weighted by atomic mass is 16.3. The highest BCUT2D eigenvalue weighted by Crippen LogP contribution is 2.15. The molecule has 0 radical (unpaired) electrons. The van der Waals surface area contributed by atoms with E-state index >= 15 is 0 Å². The van der Waals surface area contributed by atoms with Crippen molar-refractivity contribution in [2.45, 2.75) is 45.8 Å². The van der Waals surface area contributed by atoms with Gasteiger partial charge in [-0.15, -0.1) is 10.2 Å². The van der Waals surface area contributed by atoms with Crippen molar-refractivity contribution in [3.05, 3.63) is 35.8 Å². The Morgan fingerprint density at radius 2 is 2.27 bits per heavy atom. The van der Waals surface area contributed by atoms with E-state index in [1.165, 1.54) is 19.4 Å². The first-order valence-electron chi connectivity index (χ1n) is 9.31. The lowest BCUT2D eigenvalue weighted by Gasteiger charge is -2.24. The molecule has 0 bridgehead atoms. The van der Waals surface area contributed by atoms with Crippen molar-refractivity contribution in [1.29, 1.82) is 0 Å². The number of likely N-dealkylation sites (N-methyl/N-ethyl adjacent to an activating group) is 1. The van der Waals surface area contributed by atoms with Crippen LogP contribution in [0.15, 0.2) is 27.8 Å². The van der Waals surface area contributed by atoms with Gasteiger partial charge in [0.05, 0.1) is 12.8 Å². The first-order chi connectivity index (χ1) is 12.7. The maximum atomic E-state index is 5.40. The van der Waals surface area contributed by atoms with Crippen LogP contribution in [-0.2, 0) is 20.1 Å². The molecule has 142 valence electrons. The fraction of sp³-hybridized carbons (Fsp3) is 0.611. The summed E-state index contributed by atoms with van der Waals surface area (Å²) in [5.74, 6) is 3.38. The number of guanidine groups is 1. The van der Waals surface area contributed by atoms with E-state index in [4.69, 9.17) is 9.41 Å². The zero-order valence-electron chi connectivity index (χ0n) is 15.9. The molecular formula is C18H29N7O. The third-order valence-electron chi connectivity index (χ3n) is 4.98. The number of aryl methyl sites for hydroxylation is 1. The molecule has 1 aliphatic heterocycles. The molecule has 3 heterocycles. The quantitative estimate of drug-likeness (QED) is 0.575. The molecule has 1 atom stereocenters. The average Bonchev–Trinajstić information content (AvgIpc) is 3.38. The molecule has 0 aromatic carbocycles. The topological polar surface area (TPSA) is 83.5 Å². The first kappa shape index (κ1) is 18.4. The SMILES string of the molecule is CCN1CCCC1CNC(=NCc1nnc(C)n1C)NCc1ccco1. The number of nitrogens with zero attached hydrogens (tertiary/aromatic N) is 5. The summed E-state index contributed by atoms with van der Waals surface area (Å²) >= 11 is 0. The van der Waals surface area contributed by atoms with Crippen molar-refractivity contribution in [3.63, 3.8) is 0 Å². The standard InChI is InChI=1S/C18H29N7O/c1-4-25-9-5-7-15(25)11-19-18(20-12-16-8-6-10-26-16)21-13-17-23-22-14(2)24(17)3/h6,8,10,15H,4-5,7,9,11-13H2,1-3H3,(H2,19,20,21). The second-order valence-corrected chi connectivity index (χ2v) is 6.63. The average molecular weight is 359 g/mol. The summed E-state index contributed by atoms with van der Waals surface area (Å²) in [4.78, 5) is 7.21. The molecule has 26 heavy (non-hydrogen) atoms. The highest BCUT2D eigenvalue weighted by Gasteiger charge is 2.22. The van der Waals surface area contributed by atoms with E-state index in [0.29, 0.717) is 19.1 Å². The van der Waals surface area contributed by atoms with Crippen LogP contribution in [0.4, 0.5) is 0 Å². The Kier molecular flexibility index (Phi) is 6.27. The molecule has 2 aromatic rings. The van der Waals surface area contributed by atoms with Gasteiger partial charge in [0, 0.05) is 19.6 Å². The lowest BCUT2D eigenvalue weighted by molar-refractivity contribution is 0.267. The van der Waals surface area contributed by atoms with Crippen LogP contribution in [0.2, 0.25) is 0 Å². The third-order valence-corrected chi connectivity index (χ3v) is 4.98. The van der Waals surface area contributed by atoms with Crippen LogP contribution in [0.3, 0.4) is 0 Å². The van der Waals surface area contributed by atoms with Crippen molar-refractivity contribution in [2.24, 2.45) is 12.0 Å². The van der Waals surface area contributed by atoms with E-state index < -0.39 is 0 Å². The summed E-state index contributed by atoms with van der Waals surface area (Å²) in [5.41, 5.74) is 0. The molecule has 0 aliphatic carbocycles. The van der Waals surface area contributed by atoms with Crippen molar-refractivity contribution in [3.8, 4) is 0 Å². The smallest absolute Gasteiger partial charge is 0.192 e. The molecule has 2 aromatic heterocycles. The van der Waals surface area contributed by atoms with Crippen LogP contribution >= 0.6 is 0 Å². The molecule has 2 N–H and O–H groups in total. The summed E-state index contributed by atoms with van der Waals surface area (Å²) < 4.78 is 7.36. The van der Waals surface area contributed by atoms with E-state index in [1.54, 1.807) is 6.26 Å². The molecule has 1 aliphatic rings. The predicted molar refractivity (Wildman–Crippen MR) is 101 cm³/mol. The Morgan fingerprint density at radius 1 is 1.38 bits per heavy atom. The van der Waals surface area contributed by atoms with Gasteiger partial charge in [0.1, 0.15) is 18.1 Å². The molecule has 8 nitrogen and oxygen atoms in total. The Balaban J connectivity index is 1.62. The number of hydrogen-bond donors (Lipinski definition) is 2. The molecule has 8 heteroatoms. The van der Waals surface area contributed by atoms with Crippen LogP contribution in [0.25, 0.3) is 0 Å². The van der Waals surface area contributed by atoms with Crippen molar-refractivity contribution in [1.82, 2.24) is 30.3 Å². The number of rotatable bonds is 7. The molecular weight excluding hydrogens is 330 g/mol. The van der Waals surface area contributed by atoms with Gasteiger partial charge in [0.2, 0.25) is 0 Å². The van der Waals surface area contributed by atoms with Gasteiger partial charge in [-0.25, -0.2) is 4.99 Å². The van der Waals surface area contributed by atoms with Gasteiger partial charge in [-0.2, -0.15) is 0 Å². The Labute approximate surface area is 154 Å². The molecule has 0 spiro atoms. The van der Waals surface area contributed by atoms with Crippen molar-refractivity contribution in [2.75, 3.05) is 19.6 Å². The molecule has 1 saturated heterocycles. The summed E-state index contributed by atoms with van der Waals surface area (Å²) in [7, 11) is 1.96. The summed E-state index contributed by atoms with van der Waals surface area (Å²) in [6.45, 7) is 8.40. The van der Waals surface area contributed by atoms with E-state index in [0.717, 1.165) is 36.5 Å². The van der Waals surface area contributed by atoms with Gasteiger partial charge in [0.25, 0.3) is 0 Å². The first-order valence-corrected chi connectivity index (χ1v) is 9.31. The van der Waals surface area contributed by atoms with E-state index in [9.17, 15) is 0 Å². The Morgan fingerprint density at radius 3 is 2.96 bits per heavy atom. The van der Waals surface area contributed by atoms with Crippen LogP contribution in [0.5, 0.6) is 0 Å². The molecule has 0 amide bonds. The van der Waals surface area contributed by atoms with Gasteiger partial charge < -0.3 is 19.6 Å². The number of nitrogens with one attached hydrogen (secondary N) is 2. The molecule has 1 unspecified atom stereocenters. The summed E-state index contributed by atoms with van der Waals surface area (Å²) in [6, 6.07) is 4.40. The van der Waals surface area contributed by atoms with Gasteiger partial charge in [-0.1, -0.05) is 6.92 Å². The highest BCUT2D eigenvalue weighted by molar-refractivity contribution is 5.79. The summed E-state index contributed by atoms with van der Waals surface area (Å²) in [6.07, 6.45) is 4.18. The van der Waals surface area contributed by atoms with E-state index in [2.05, 4.69) is 32.7 Å². The largest absolute Gasteiger partial charge is 0.467 e. The maximum absolute atomic E-state index is 5.40. The second-order valence-electron chi connectivity index (χ2n) is 6.63. The lowest BCUT2D eigenvalue weighted by Crippen LogP contribution is -2.44. The van der Waals surface area contributed by atoms with Gasteiger partial charge in [-0.05, 0) is 45.0 Å².